The van der Waals surface area contributed by atoms with Crippen molar-refractivity contribution in [3.05, 3.63) is 56.8 Å². The first-order valence-corrected chi connectivity index (χ1v) is 8.47. The van der Waals surface area contributed by atoms with Crippen molar-refractivity contribution in [1.82, 2.24) is 9.55 Å². The lowest BCUT2D eigenvalue weighted by Crippen LogP contribution is -1.98. The monoisotopic (exact) mass is 387 g/mol. The topological polar surface area (TPSA) is 41.6 Å². The summed E-state index contributed by atoms with van der Waals surface area (Å²) >= 11 is 9.98. The highest BCUT2D eigenvalue weighted by atomic mass is 79.9. The lowest BCUT2D eigenvalue weighted by atomic mass is 10.0. The number of aromatic nitrogens is 2. The SMILES string of the molecule is Cc1cc(Cl)c2c(C#N)cn(-c3ccc(C(C)C)cc3Br)c2n1. The van der Waals surface area contributed by atoms with Crippen LogP contribution in [-0.4, -0.2) is 9.55 Å². The van der Waals surface area contributed by atoms with Crippen molar-refractivity contribution in [1.29, 1.82) is 5.26 Å². The van der Waals surface area contributed by atoms with E-state index >= 15 is 0 Å². The van der Waals surface area contributed by atoms with Crippen molar-refractivity contribution in [3.63, 3.8) is 0 Å². The van der Waals surface area contributed by atoms with Crippen LogP contribution in [0.4, 0.5) is 0 Å². The third-order valence-electron chi connectivity index (χ3n) is 3.85. The van der Waals surface area contributed by atoms with Gasteiger partial charge in [0.15, 0.2) is 0 Å². The van der Waals surface area contributed by atoms with Gasteiger partial charge in [0, 0.05) is 16.4 Å². The molecular formula is C18H15BrClN3. The molecule has 2 heterocycles. The van der Waals surface area contributed by atoms with Gasteiger partial charge in [-0.3, -0.25) is 4.57 Å². The van der Waals surface area contributed by atoms with Gasteiger partial charge in [0.25, 0.3) is 0 Å². The van der Waals surface area contributed by atoms with Gasteiger partial charge in [0.2, 0.25) is 0 Å². The molecule has 5 heteroatoms. The van der Waals surface area contributed by atoms with Crippen LogP contribution in [0.3, 0.4) is 0 Å². The number of nitrogens with zero attached hydrogens (tertiary/aromatic N) is 3. The highest BCUT2D eigenvalue weighted by Gasteiger charge is 2.16. The number of hydrogen-bond acceptors (Lipinski definition) is 2. The van der Waals surface area contributed by atoms with Gasteiger partial charge in [-0.25, -0.2) is 4.98 Å². The Kier molecular flexibility index (Phi) is 4.18. The fourth-order valence-electron chi connectivity index (χ4n) is 2.64. The van der Waals surface area contributed by atoms with E-state index in [2.05, 4.69) is 53.0 Å². The zero-order valence-electron chi connectivity index (χ0n) is 13.1. The molecule has 0 saturated carbocycles. The Hall–Kier alpha value is -1.83. The van der Waals surface area contributed by atoms with E-state index in [9.17, 15) is 5.26 Å². The van der Waals surface area contributed by atoms with E-state index in [1.165, 1.54) is 5.56 Å². The largest absolute Gasteiger partial charge is 0.299 e. The number of halogens is 2. The summed E-state index contributed by atoms with van der Waals surface area (Å²) in [4.78, 5) is 4.59. The fourth-order valence-corrected chi connectivity index (χ4v) is 3.57. The van der Waals surface area contributed by atoms with E-state index in [1.807, 2.05) is 17.6 Å². The average molecular weight is 389 g/mol. The molecular weight excluding hydrogens is 374 g/mol. The lowest BCUT2D eigenvalue weighted by Gasteiger charge is -2.12. The Morgan fingerprint density at radius 1 is 1.30 bits per heavy atom. The third kappa shape index (κ3) is 2.75. The quantitative estimate of drug-likeness (QED) is 0.561. The molecule has 3 nitrogen and oxygen atoms in total. The zero-order chi connectivity index (χ0) is 16.7. The van der Waals surface area contributed by atoms with Crippen LogP contribution in [0, 0.1) is 18.3 Å². The minimum absolute atomic E-state index is 0.450. The molecule has 1 aromatic carbocycles. The van der Waals surface area contributed by atoms with Crippen molar-refractivity contribution in [3.8, 4) is 11.8 Å². The molecule has 0 fully saturated rings. The van der Waals surface area contributed by atoms with Gasteiger partial charge in [0.05, 0.1) is 21.7 Å². The van der Waals surface area contributed by atoms with Crippen LogP contribution in [0.15, 0.2) is 34.9 Å². The van der Waals surface area contributed by atoms with Crippen molar-refractivity contribution in [2.75, 3.05) is 0 Å². The van der Waals surface area contributed by atoms with Crippen molar-refractivity contribution >= 4 is 38.6 Å². The summed E-state index contributed by atoms with van der Waals surface area (Å²) in [5.74, 6) is 0.450. The molecule has 23 heavy (non-hydrogen) atoms. The maximum atomic E-state index is 9.41. The summed E-state index contributed by atoms with van der Waals surface area (Å²) in [5, 5.41) is 10.7. The summed E-state index contributed by atoms with van der Waals surface area (Å²) < 4.78 is 2.88. The van der Waals surface area contributed by atoms with Crippen molar-refractivity contribution in [2.45, 2.75) is 26.7 Å². The molecule has 0 saturated heterocycles. The first-order chi connectivity index (χ1) is 10.9. The Morgan fingerprint density at radius 2 is 2.04 bits per heavy atom. The van der Waals surface area contributed by atoms with Crippen LogP contribution in [0.25, 0.3) is 16.7 Å². The summed E-state index contributed by atoms with van der Waals surface area (Å²) in [6.45, 7) is 6.21. The van der Waals surface area contributed by atoms with E-state index in [4.69, 9.17) is 11.6 Å². The highest BCUT2D eigenvalue weighted by molar-refractivity contribution is 9.10. The second-order valence-corrected chi connectivity index (χ2v) is 7.10. The van der Waals surface area contributed by atoms with Gasteiger partial charge in [-0.1, -0.05) is 31.5 Å². The molecule has 0 atom stereocenters. The molecule has 3 rings (SSSR count). The second kappa shape index (κ2) is 5.99. The van der Waals surface area contributed by atoms with Gasteiger partial charge in [-0.05, 0) is 52.5 Å². The standard InChI is InChI=1S/C18H15BrClN3/c1-10(2)12-4-5-16(14(19)7-12)23-9-13(8-21)17-15(20)6-11(3)22-18(17)23/h4-7,9-10H,1-3H3. The first-order valence-electron chi connectivity index (χ1n) is 7.30. The molecule has 0 spiro atoms. The Labute approximate surface area is 148 Å². The molecule has 0 bridgehead atoms. The fraction of sp³-hybridized carbons (Fsp3) is 0.222. The summed E-state index contributed by atoms with van der Waals surface area (Å²) in [6.07, 6.45) is 1.79. The van der Waals surface area contributed by atoms with Crippen molar-refractivity contribution in [2.24, 2.45) is 0 Å². The van der Waals surface area contributed by atoms with Gasteiger partial charge < -0.3 is 0 Å². The first kappa shape index (κ1) is 16.0. The van der Waals surface area contributed by atoms with E-state index in [0.29, 0.717) is 27.5 Å². The van der Waals surface area contributed by atoms with E-state index < -0.39 is 0 Å². The van der Waals surface area contributed by atoms with Crippen LogP contribution in [0.2, 0.25) is 5.02 Å². The van der Waals surface area contributed by atoms with Crippen LogP contribution in [-0.2, 0) is 0 Å². The van der Waals surface area contributed by atoms with Gasteiger partial charge in [0.1, 0.15) is 11.7 Å². The average Bonchev–Trinajstić information content (AvgIpc) is 2.85. The molecule has 0 N–H and O–H groups in total. The number of aryl methyl sites for hydroxylation is 1. The molecule has 0 aliphatic rings. The van der Waals surface area contributed by atoms with Crippen LogP contribution in [0.5, 0.6) is 0 Å². The number of benzene rings is 1. The molecule has 2 aromatic heterocycles. The Balaban J connectivity index is 2.31. The number of rotatable bonds is 2. The molecule has 0 amide bonds. The van der Waals surface area contributed by atoms with Crippen LogP contribution < -0.4 is 0 Å². The predicted octanol–water partition coefficient (Wildman–Crippen LogP) is 5.74. The Morgan fingerprint density at radius 3 is 2.65 bits per heavy atom. The van der Waals surface area contributed by atoms with Crippen molar-refractivity contribution < 1.29 is 0 Å². The smallest absolute Gasteiger partial charge is 0.147 e. The minimum atomic E-state index is 0.450. The molecule has 0 radical (unpaired) electrons. The van der Waals surface area contributed by atoms with Gasteiger partial charge in [-0.15, -0.1) is 0 Å². The number of nitriles is 1. The van der Waals surface area contributed by atoms with Crippen LogP contribution in [0.1, 0.15) is 36.6 Å². The molecule has 0 unspecified atom stereocenters. The highest BCUT2D eigenvalue weighted by Crippen LogP contribution is 2.33. The second-order valence-electron chi connectivity index (χ2n) is 5.83. The summed E-state index contributed by atoms with van der Waals surface area (Å²) in [6, 6.07) is 10.2. The van der Waals surface area contributed by atoms with Gasteiger partial charge >= 0.3 is 0 Å². The molecule has 0 aliphatic carbocycles. The van der Waals surface area contributed by atoms with Crippen LogP contribution >= 0.6 is 27.5 Å². The summed E-state index contributed by atoms with van der Waals surface area (Å²) in [7, 11) is 0. The number of pyridine rings is 1. The molecule has 0 aliphatic heterocycles. The number of hydrogen-bond donors (Lipinski definition) is 0. The molecule has 116 valence electrons. The summed E-state index contributed by atoms with van der Waals surface area (Å²) in [5.41, 5.74) is 4.23. The Bertz CT molecular complexity index is 951. The van der Waals surface area contributed by atoms with Gasteiger partial charge in [-0.2, -0.15) is 5.26 Å². The number of fused-ring (bicyclic) bond motifs is 1. The minimum Gasteiger partial charge on any atom is -0.299 e. The third-order valence-corrected chi connectivity index (χ3v) is 4.79. The maximum absolute atomic E-state index is 9.41. The van der Waals surface area contributed by atoms with E-state index in [-0.39, 0.29) is 0 Å². The maximum Gasteiger partial charge on any atom is 0.147 e. The molecule has 3 aromatic rings. The van der Waals surface area contributed by atoms with E-state index in [1.54, 1.807) is 12.3 Å². The zero-order valence-corrected chi connectivity index (χ0v) is 15.4. The van der Waals surface area contributed by atoms with E-state index in [0.717, 1.165) is 15.9 Å². The normalized spacial score (nSPS) is 11.2. The predicted molar refractivity (Wildman–Crippen MR) is 97.3 cm³/mol. The lowest BCUT2D eigenvalue weighted by molar-refractivity contribution is 0.864.